The molecule has 19 heavy (non-hydrogen) atoms. The van der Waals surface area contributed by atoms with Crippen LogP contribution in [0.1, 0.15) is 72.1 Å². The van der Waals surface area contributed by atoms with Crippen molar-refractivity contribution in [3.8, 4) is 0 Å². The Morgan fingerprint density at radius 3 is 2.37 bits per heavy atom. The molecule has 0 spiro atoms. The predicted molar refractivity (Wildman–Crippen MR) is 77.1 cm³/mol. The lowest BCUT2D eigenvalue weighted by Crippen LogP contribution is -2.35. The van der Waals surface area contributed by atoms with E-state index < -0.39 is 0 Å². The monoisotopic (exact) mass is 270 g/mol. The summed E-state index contributed by atoms with van der Waals surface area (Å²) in [6.45, 7) is 7.97. The third kappa shape index (κ3) is 6.95. The molecule has 0 saturated carbocycles. The van der Waals surface area contributed by atoms with E-state index >= 15 is 0 Å². The number of rotatable bonds is 0. The summed E-state index contributed by atoms with van der Waals surface area (Å²) in [5.41, 5.74) is -0.349. The first-order valence-electron chi connectivity index (χ1n) is 7.82. The maximum absolute atomic E-state index is 11.8. The van der Waals surface area contributed by atoms with Crippen LogP contribution in [0.25, 0.3) is 0 Å². The van der Waals surface area contributed by atoms with Crippen LogP contribution in [0.5, 0.6) is 0 Å². The maximum atomic E-state index is 11.8. The molecular weight excluding hydrogens is 240 g/mol. The van der Waals surface area contributed by atoms with Gasteiger partial charge in [-0.1, -0.05) is 26.2 Å². The van der Waals surface area contributed by atoms with Gasteiger partial charge in [0.05, 0.1) is 0 Å². The van der Waals surface area contributed by atoms with E-state index in [4.69, 9.17) is 9.47 Å². The highest BCUT2D eigenvalue weighted by molar-refractivity contribution is 5.69. The predicted octanol–water partition coefficient (Wildman–Crippen LogP) is 4.10. The fraction of sp³-hybridized carbons (Fsp3) is 0.938. The summed E-state index contributed by atoms with van der Waals surface area (Å²) >= 11 is 0. The Morgan fingerprint density at radius 1 is 1.00 bits per heavy atom. The van der Waals surface area contributed by atoms with Crippen molar-refractivity contribution in [2.24, 2.45) is 5.92 Å². The minimum Gasteiger partial charge on any atom is -0.459 e. The van der Waals surface area contributed by atoms with Crippen molar-refractivity contribution in [2.75, 3.05) is 13.2 Å². The summed E-state index contributed by atoms with van der Waals surface area (Å²) in [6.07, 6.45) is 8.17. The van der Waals surface area contributed by atoms with Crippen molar-refractivity contribution >= 4 is 5.97 Å². The van der Waals surface area contributed by atoms with Crippen molar-refractivity contribution < 1.29 is 14.3 Å². The Bertz CT molecular complexity index is 261. The fourth-order valence-corrected chi connectivity index (χ4v) is 2.38. The maximum Gasteiger partial charge on any atom is 0.306 e. The van der Waals surface area contributed by atoms with E-state index in [9.17, 15) is 4.79 Å². The van der Waals surface area contributed by atoms with Crippen LogP contribution < -0.4 is 0 Å². The summed E-state index contributed by atoms with van der Waals surface area (Å²) in [4.78, 5) is 11.8. The van der Waals surface area contributed by atoms with Crippen LogP contribution in [0.15, 0.2) is 0 Å². The van der Waals surface area contributed by atoms with Crippen LogP contribution in [-0.2, 0) is 14.3 Å². The highest BCUT2D eigenvalue weighted by Crippen LogP contribution is 2.26. The lowest BCUT2D eigenvalue weighted by molar-refractivity contribution is -0.161. The number of ether oxygens (including phenoxy) is 2. The van der Waals surface area contributed by atoms with E-state index in [0.717, 1.165) is 58.2 Å². The van der Waals surface area contributed by atoms with Gasteiger partial charge in [-0.2, -0.15) is 0 Å². The van der Waals surface area contributed by atoms with E-state index in [0.29, 0.717) is 12.3 Å². The van der Waals surface area contributed by atoms with Crippen LogP contribution in [-0.4, -0.2) is 24.8 Å². The van der Waals surface area contributed by atoms with E-state index in [1.165, 1.54) is 0 Å². The third-order valence-electron chi connectivity index (χ3n) is 4.16. The molecule has 0 amide bonds. The molecule has 0 aromatic rings. The molecule has 112 valence electrons. The van der Waals surface area contributed by atoms with Gasteiger partial charge in [-0.25, -0.2) is 0 Å². The molecule has 0 radical (unpaired) electrons. The summed E-state index contributed by atoms with van der Waals surface area (Å²) in [7, 11) is 0. The molecule has 0 aromatic heterocycles. The number of esters is 1. The second kappa shape index (κ2) is 8.57. The second-order valence-electron chi connectivity index (χ2n) is 6.25. The Labute approximate surface area is 118 Å². The van der Waals surface area contributed by atoms with Crippen molar-refractivity contribution in [1.29, 1.82) is 0 Å². The van der Waals surface area contributed by atoms with Gasteiger partial charge in [-0.15, -0.1) is 0 Å². The molecule has 0 N–H and O–H groups in total. The van der Waals surface area contributed by atoms with Gasteiger partial charge in [-0.05, 0) is 45.4 Å². The molecule has 1 atom stereocenters. The first-order valence-corrected chi connectivity index (χ1v) is 7.82. The standard InChI is InChI=1S/C16H30O3/c1-14-10-7-9-13-18-12-8-5-4-6-11-15(17)19-16(14,2)3/h14H,4-13H2,1-3H3. The zero-order valence-corrected chi connectivity index (χ0v) is 12.9. The number of hydrogen-bond donors (Lipinski definition) is 0. The highest BCUT2D eigenvalue weighted by atomic mass is 16.6. The molecule has 1 heterocycles. The SMILES string of the molecule is CC1CCCCOCCCCCCC(=O)OC1(C)C. The molecule has 0 aromatic carbocycles. The molecule has 1 saturated heterocycles. The topological polar surface area (TPSA) is 35.5 Å². The zero-order valence-electron chi connectivity index (χ0n) is 12.9. The Kier molecular flexibility index (Phi) is 7.44. The van der Waals surface area contributed by atoms with E-state index in [2.05, 4.69) is 6.92 Å². The minimum atomic E-state index is -0.349. The second-order valence-corrected chi connectivity index (χ2v) is 6.25. The van der Waals surface area contributed by atoms with Gasteiger partial charge >= 0.3 is 5.97 Å². The molecular formula is C16H30O3. The number of carbonyl (C=O) groups is 1. The number of hydrogen-bond acceptors (Lipinski definition) is 3. The molecule has 1 fully saturated rings. The molecule has 3 heteroatoms. The lowest BCUT2D eigenvalue weighted by Gasteiger charge is -2.31. The van der Waals surface area contributed by atoms with Gasteiger partial charge in [0.1, 0.15) is 5.60 Å². The van der Waals surface area contributed by atoms with Crippen molar-refractivity contribution in [3.05, 3.63) is 0 Å². The van der Waals surface area contributed by atoms with E-state index in [-0.39, 0.29) is 11.6 Å². The Morgan fingerprint density at radius 2 is 1.63 bits per heavy atom. The number of cyclic esters (lactones) is 1. The van der Waals surface area contributed by atoms with Gasteiger partial charge < -0.3 is 9.47 Å². The molecule has 1 aliphatic heterocycles. The molecule has 0 bridgehead atoms. The summed E-state index contributed by atoms with van der Waals surface area (Å²) in [6, 6.07) is 0. The van der Waals surface area contributed by atoms with Crippen LogP contribution in [0.2, 0.25) is 0 Å². The van der Waals surface area contributed by atoms with E-state index in [1.54, 1.807) is 0 Å². The molecule has 1 rings (SSSR count). The lowest BCUT2D eigenvalue weighted by atomic mass is 9.88. The smallest absolute Gasteiger partial charge is 0.306 e. The van der Waals surface area contributed by atoms with Gasteiger partial charge in [-0.3, -0.25) is 4.79 Å². The van der Waals surface area contributed by atoms with Crippen molar-refractivity contribution in [2.45, 2.75) is 77.7 Å². The third-order valence-corrected chi connectivity index (χ3v) is 4.16. The zero-order chi connectivity index (χ0) is 14.1. The van der Waals surface area contributed by atoms with Gasteiger partial charge in [0, 0.05) is 19.6 Å². The first kappa shape index (κ1) is 16.5. The van der Waals surface area contributed by atoms with Crippen LogP contribution in [0.4, 0.5) is 0 Å². The number of carbonyl (C=O) groups excluding carboxylic acids is 1. The van der Waals surface area contributed by atoms with Crippen LogP contribution in [0, 0.1) is 5.92 Å². The normalized spacial score (nSPS) is 27.9. The van der Waals surface area contributed by atoms with Crippen molar-refractivity contribution in [3.63, 3.8) is 0 Å². The summed E-state index contributed by atoms with van der Waals surface area (Å²) < 4.78 is 11.3. The average molecular weight is 270 g/mol. The first-order chi connectivity index (χ1) is 9.02. The van der Waals surface area contributed by atoms with Crippen molar-refractivity contribution in [1.82, 2.24) is 0 Å². The summed E-state index contributed by atoms with van der Waals surface area (Å²) in [5.74, 6) is 0.351. The van der Waals surface area contributed by atoms with Crippen LogP contribution in [0.3, 0.4) is 0 Å². The van der Waals surface area contributed by atoms with Crippen LogP contribution >= 0.6 is 0 Å². The molecule has 3 nitrogen and oxygen atoms in total. The van der Waals surface area contributed by atoms with Gasteiger partial charge in [0.15, 0.2) is 0 Å². The quantitative estimate of drug-likeness (QED) is 0.622. The van der Waals surface area contributed by atoms with Gasteiger partial charge in [0.25, 0.3) is 0 Å². The highest BCUT2D eigenvalue weighted by Gasteiger charge is 2.29. The molecule has 1 unspecified atom stereocenters. The average Bonchev–Trinajstić information content (AvgIpc) is 2.34. The Hall–Kier alpha value is -0.570. The molecule has 1 aliphatic rings. The van der Waals surface area contributed by atoms with E-state index in [1.807, 2.05) is 13.8 Å². The largest absolute Gasteiger partial charge is 0.459 e. The molecule has 0 aliphatic carbocycles. The summed E-state index contributed by atoms with van der Waals surface area (Å²) in [5, 5.41) is 0. The minimum absolute atomic E-state index is 0.0389. The van der Waals surface area contributed by atoms with Gasteiger partial charge in [0.2, 0.25) is 0 Å². The fourth-order valence-electron chi connectivity index (χ4n) is 2.38. The Balaban J connectivity index is 2.47.